The van der Waals surface area contributed by atoms with Crippen LogP contribution >= 0.6 is 0 Å². The number of carbonyl (C=O) groups excluding carboxylic acids is 1. The second kappa shape index (κ2) is 10.9. The zero-order chi connectivity index (χ0) is 24.2. The van der Waals surface area contributed by atoms with Gasteiger partial charge in [0.15, 0.2) is 5.78 Å². The Labute approximate surface area is 203 Å². The van der Waals surface area contributed by atoms with E-state index in [1.165, 1.54) is 18.4 Å². The first kappa shape index (κ1) is 24.7. The number of aliphatic carboxylic acids is 1. The molecule has 1 saturated heterocycles. The van der Waals surface area contributed by atoms with Crippen LogP contribution in [0.5, 0.6) is 0 Å². The van der Waals surface area contributed by atoms with Crippen molar-refractivity contribution in [1.29, 1.82) is 0 Å². The SMILES string of the molecule is CC/C(=C\C=C\C1C=CC2CCCC2C1C(=O)c1ccc[nH]1)C1COC(C(C)C(=O)O)CC1C. The highest BCUT2D eigenvalue weighted by molar-refractivity contribution is 5.97. The van der Waals surface area contributed by atoms with Crippen molar-refractivity contribution in [2.75, 3.05) is 6.61 Å². The summed E-state index contributed by atoms with van der Waals surface area (Å²) in [4.78, 5) is 27.9. The van der Waals surface area contributed by atoms with E-state index in [4.69, 9.17) is 4.74 Å². The molecule has 1 aromatic rings. The van der Waals surface area contributed by atoms with Crippen LogP contribution in [-0.2, 0) is 9.53 Å². The van der Waals surface area contributed by atoms with Gasteiger partial charge in [0, 0.05) is 24.0 Å². The van der Waals surface area contributed by atoms with Crippen LogP contribution in [0.25, 0.3) is 0 Å². The van der Waals surface area contributed by atoms with Gasteiger partial charge in [0.1, 0.15) is 0 Å². The average molecular weight is 466 g/mol. The van der Waals surface area contributed by atoms with E-state index in [2.05, 4.69) is 49.2 Å². The van der Waals surface area contributed by atoms with E-state index < -0.39 is 11.9 Å². The maximum Gasteiger partial charge on any atom is 0.308 e. The maximum absolute atomic E-state index is 13.4. The molecule has 3 aliphatic rings. The molecular formula is C29H39NO4. The molecule has 4 rings (SSSR count). The van der Waals surface area contributed by atoms with Gasteiger partial charge in [0.2, 0.25) is 0 Å². The predicted molar refractivity (Wildman–Crippen MR) is 133 cm³/mol. The molecule has 5 heteroatoms. The molecule has 0 amide bonds. The third-order valence-electron chi connectivity index (χ3n) is 8.50. The number of fused-ring (bicyclic) bond motifs is 1. The molecule has 1 aromatic heterocycles. The first-order chi connectivity index (χ1) is 16.4. The molecule has 0 bridgehead atoms. The van der Waals surface area contributed by atoms with Crippen molar-refractivity contribution in [3.8, 4) is 0 Å². The summed E-state index contributed by atoms with van der Waals surface area (Å²) < 4.78 is 6.00. The monoisotopic (exact) mass is 465 g/mol. The summed E-state index contributed by atoms with van der Waals surface area (Å²) in [5.74, 6) is 0.657. The third-order valence-corrected chi connectivity index (χ3v) is 8.50. The lowest BCUT2D eigenvalue weighted by molar-refractivity contribution is -0.150. The number of hydrogen-bond acceptors (Lipinski definition) is 3. The van der Waals surface area contributed by atoms with Crippen molar-refractivity contribution in [3.63, 3.8) is 0 Å². The molecule has 2 N–H and O–H groups in total. The fourth-order valence-corrected chi connectivity index (χ4v) is 6.38. The average Bonchev–Trinajstić information content (AvgIpc) is 3.53. The summed E-state index contributed by atoms with van der Waals surface area (Å²) >= 11 is 0. The van der Waals surface area contributed by atoms with E-state index in [-0.39, 0.29) is 23.7 Å². The quantitative estimate of drug-likeness (QED) is 0.277. The van der Waals surface area contributed by atoms with Gasteiger partial charge in [-0.05, 0) is 62.5 Å². The topological polar surface area (TPSA) is 79.4 Å². The summed E-state index contributed by atoms with van der Waals surface area (Å²) in [6.07, 6.45) is 18.0. The molecule has 0 aromatic carbocycles. The van der Waals surface area contributed by atoms with Crippen LogP contribution in [0.15, 0.2) is 54.3 Å². The summed E-state index contributed by atoms with van der Waals surface area (Å²) in [6, 6.07) is 3.79. The lowest BCUT2D eigenvalue weighted by atomic mass is 9.69. The number of Topliss-reactive ketones (excluding diaryl/α,β-unsaturated/α-hetero) is 1. The molecule has 1 aliphatic heterocycles. The molecule has 8 atom stereocenters. The Bertz CT molecular complexity index is 943. The normalized spacial score (nSPS) is 34.8. The Morgan fingerprint density at radius 3 is 2.79 bits per heavy atom. The lowest BCUT2D eigenvalue weighted by Gasteiger charge is -2.37. The number of aromatic amines is 1. The minimum atomic E-state index is -0.793. The number of ether oxygens (including phenoxy) is 1. The van der Waals surface area contributed by atoms with Crippen molar-refractivity contribution in [2.24, 2.45) is 41.4 Å². The molecule has 0 radical (unpaired) electrons. The third kappa shape index (κ3) is 5.14. The smallest absolute Gasteiger partial charge is 0.308 e. The molecule has 2 fully saturated rings. The minimum Gasteiger partial charge on any atom is -0.481 e. The molecule has 0 spiro atoms. The first-order valence-corrected chi connectivity index (χ1v) is 13.0. The zero-order valence-electron chi connectivity index (χ0n) is 20.7. The fraction of sp³-hybridized carbons (Fsp3) is 0.586. The molecule has 34 heavy (non-hydrogen) atoms. The Hall–Kier alpha value is -2.40. The fourth-order valence-electron chi connectivity index (χ4n) is 6.38. The molecule has 8 unspecified atom stereocenters. The van der Waals surface area contributed by atoms with E-state index in [0.29, 0.717) is 36.0 Å². The van der Waals surface area contributed by atoms with Crippen LogP contribution in [0.4, 0.5) is 0 Å². The van der Waals surface area contributed by atoms with Crippen LogP contribution in [0.2, 0.25) is 0 Å². The number of nitrogens with one attached hydrogen (secondary N) is 1. The maximum atomic E-state index is 13.4. The van der Waals surface area contributed by atoms with Gasteiger partial charge in [-0.2, -0.15) is 0 Å². The van der Waals surface area contributed by atoms with E-state index in [1.807, 2.05) is 18.3 Å². The van der Waals surface area contributed by atoms with Gasteiger partial charge in [0.05, 0.1) is 24.3 Å². The summed E-state index contributed by atoms with van der Waals surface area (Å²) in [5.41, 5.74) is 2.04. The van der Waals surface area contributed by atoms with E-state index in [1.54, 1.807) is 6.92 Å². The summed E-state index contributed by atoms with van der Waals surface area (Å²) in [6.45, 7) is 6.67. The Kier molecular flexibility index (Phi) is 7.92. The number of ketones is 1. The van der Waals surface area contributed by atoms with Crippen LogP contribution in [0, 0.1) is 41.4 Å². The highest BCUT2D eigenvalue weighted by Crippen LogP contribution is 2.46. The van der Waals surface area contributed by atoms with Crippen LogP contribution < -0.4 is 0 Å². The van der Waals surface area contributed by atoms with Crippen molar-refractivity contribution in [1.82, 2.24) is 4.98 Å². The Morgan fingerprint density at radius 2 is 2.12 bits per heavy atom. The van der Waals surface area contributed by atoms with Gasteiger partial charge in [0.25, 0.3) is 0 Å². The minimum absolute atomic E-state index is 0.0129. The Balaban J connectivity index is 1.48. The highest BCUT2D eigenvalue weighted by Gasteiger charge is 2.42. The number of carboxylic acid groups (broad SMARTS) is 1. The number of H-pyrrole nitrogens is 1. The predicted octanol–water partition coefficient (Wildman–Crippen LogP) is 6.07. The van der Waals surface area contributed by atoms with E-state index in [0.717, 1.165) is 19.3 Å². The standard InChI is InChI=1S/C29H39NO4/c1-4-20(24-17-34-26(16-18(24)2)19(3)29(32)33)8-5-10-22-14-13-21-9-6-11-23(21)27(22)28(31)25-12-7-15-30-25/h5,7-8,10,12-15,18-19,21-24,26-27,30H,4,6,9,11,16-17H2,1-3H3,(H,32,33)/b10-5+,20-8+. The number of allylic oxidation sites excluding steroid dienone is 5. The lowest BCUT2D eigenvalue weighted by Crippen LogP contribution is -2.39. The molecule has 2 aliphatic carbocycles. The Morgan fingerprint density at radius 1 is 1.29 bits per heavy atom. The summed E-state index contributed by atoms with van der Waals surface area (Å²) in [7, 11) is 0. The summed E-state index contributed by atoms with van der Waals surface area (Å²) in [5, 5.41) is 9.33. The van der Waals surface area contributed by atoms with Crippen LogP contribution in [0.1, 0.15) is 63.4 Å². The van der Waals surface area contributed by atoms with Gasteiger partial charge in [-0.3, -0.25) is 9.59 Å². The van der Waals surface area contributed by atoms with Gasteiger partial charge in [-0.1, -0.05) is 56.2 Å². The molecule has 184 valence electrons. The van der Waals surface area contributed by atoms with Crippen molar-refractivity contribution in [2.45, 2.75) is 59.0 Å². The first-order valence-electron chi connectivity index (χ1n) is 13.0. The van der Waals surface area contributed by atoms with Gasteiger partial charge >= 0.3 is 5.97 Å². The molecule has 1 saturated carbocycles. The van der Waals surface area contributed by atoms with E-state index >= 15 is 0 Å². The van der Waals surface area contributed by atoms with Crippen molar-refractivity contribution >= 4 is 11.8 Å². The zero-order valence-corrected chi connectivity index (χ0v) is 20.7. The molecule has 2 heterocycles. The second-order valence-electron chi connectivity index (χ2n) is 10.5. The van der Waals surface area contributed by atoms with Gasteiger partial charge in [-0.15, -0.1) is 0 Å². The molecule has 5 nitrogen and oxygen atoms in total. The number of rotatable bonds is 8. The highest BCUT2D eigenvalue weighted by atomic mass is 16.5. The molecular weight excluding hydrogens is 426 g/mol. The second-order valence-corrected chi connectivity index (χ2v) is 10.5. The number of aromatic nitrogens is 1. The number of carboxylic acids is 1. The van der Waals surface area contributed by atoms with E-state index in [9.17, 15) is 14.7 Å². The van der Waals surface area contributed by atoms with Crippen molar-refractivity contribution in [3.05, 3.63) is 60.0 Å². The number of hydrogen-bond donors (Lipinski definition) is 2. The number of carbonyl (C=O) groups is 2. The van der Waals surface area contributed by atoms with Gasteiger partial charge in [-0.25, -0.2) is 0 Å². The van der Waals surface area contributed by atoms with Crippen molar-refractivity contribution < 1.29 is 19.4 Å². The largest absolute Gasteiger partial charge is 0.481 e. The van der Waals surface area contributed by atoms with Crippen LogP contribution in [-0.4, -0.2) is 34.6 Å². The van der Waals surface area contributed by atoms with Crippen LogP contribution in [0.3, 0.4) is 0 Å². The van der Waals surface area contributed by atoms with Gasteiger partial charge < -0.3 is 14.8 Å².